The molecule has 0 spiro atoms. The van der Waals surface area contributed by atoms with Gasteiger partial charge in [-0.1, -0.05) is 48.5 Å². The van der Waals surface area contributed by atoms with Crippen LogP contribution in [0.1, 0.15) is 18.1 Å². The average molecular weight is 357 g/mol. The summed E-state index contributed by atoms with van der Waals surface area (Å²) in [4.78, 5) is 25.0. The lowest BCUT2D eigenvalue weighted by molar-refractivity contribution is -0.152. The van der Waals surface area contributed by atoms with Crippen molar-refractivity contribution in [2.45, 2.75) is 31.3 Å². The molecule has 0 aliphatic rings. The van der Waals surface area contributed by atoms with Gasteiger partial charge >= 0.3 is 5.97 Å². The highest BCUT2D eigenvalue weighted by Crippen LogP contribution is 2.21. The van der Waals surface area contributed by atoms with Crippen molar-refractivity contribution in [3.8, 4) is 0 Å². The number of benzene rings is 2. The first-order valence-corrected chi connectivity index (χ1v) is 9.24. The van der Waals surface area contributed by atoms with Crippen LogP contribution in [0, 0.1) is 6.92 Å². The largest absolute Gasteiger partial charge is 0.452 e. The molecule has 1 atom stereocenters. The number of aryl methyl sites for hydroxylation is 1. The molecule has 25 heavy (non-hydrogen) atoms. The molecule has 0 fully saturated rings. The number of hydrogen-bond acceptors (Lipinski definition) is 4. The number of rotatable bonds is 8. The number of nitrogens with one attached hydrogen (secondary N) is 1. The van der Waals surface area contributed by atoms with E-state index in [9.17, 15) is 9.59 Å². The van der Waals surface area contributed by atoms with Crippen molar-refractivity contribution in [2.75, 3.05) is 12.3 Å². The first kappa shape index (κ1) is 19.1. The molecule has 0 heterocycles. The summed E-state index contributed by atoms with van der Waals surface area (Å²) in [5.41, 5.74) is 2.27. The number of ether oxygens (including phenoxy) is 1. The van der Waals surface area contributed by atoms with E-state index in [4.69, 9.17) is 4.74 Å². The van der Waals surface area contributed by atoms with Crippen LogP contribution in [0.15, 0.2) is 59.5 Å². The minimum absolute atomic E-state index is 0.187. The third kappa shape index (κ3) is 6.63. The molecule has 2 rings (SSSR count). The Hall–Kier alpha value is -2.27. The third-order valence-corrected chi connectivity index (χ3v) is 4.82. The van der Waals surface area contributed by atoms with Gasteiger partial charge in [0.2, 0.25) is 0 Å². The monoisotopic (exact) mass is 357 g/mol. The Labute approximate surface area is 153 Å². The Bertz CT molecular complexity index is 703. The SMILES string of the molecule is Cc1ccccc1SCC(=O)OC(C)C(=O)NCCc1ccccc1. The first-order chi connectivity index (χ1) is 12.1. The van der Waals surface area contributed by atoms with E-state index in [0.717, 1.165) is 22.4 Å². The molecule has 0 aromatic heterocycles. The number of hydrogen-bond donors (Lipinski definition) is 1. The molecule has 132 valence electrons. The summed E-state index contributed by atoms with van der Waals surface area (Å²) in [7, 11) is 0. The molecular formula is C20H23NO3S. The molecule has 2 aromatic carbocycles. The zero-order chi connectivity index (χ0) is 18.1. The molecule has 4 nitrogen and oxygen atoms in total. The molecule has 0 aliphatic carbocycles. The van der Waals surface area contributed by atoms with E-state index >= 15 is 0 Å². The van der Waals surface area contributed by atoms with E-state index in [-0.39, 0.29) is 17.6 Å². The van der Waals surface area contributed by atoms with Crippen molar-refractivity contribution in [1.29, 1.82) is 0 Å². The van der Waals surface area contributed by atoms with Gasteiger partial charge in [-0.3, -0.25) is 9.59 Å². The fourth-order valence-corrected chi connectivity index (χ4v) is 3.07. The van der Waals surface area contributed by atoms with Gasteiger partial charge in [0, 0.05) is 11.4 Å². The van der Waals surface area contributed by atoms with Crippen molar-refractivity contribution < 1.29 is 14.3 Å². The van der Waals surface area contributed by atoms with E-state index in [2.05, 4.69) is 5.32 Å². The molecule has 0 bridgehead atoms. The van der Waals surface area contributed by atoms with Gasteiger partial charge in [-0.2, -0.15) is 0 Å². The third-order valence-electron chi connectivity index (χ3n) is 3.67. The average Bonchev–Trinajstić information content (AvgIpc) is 2.62. The lowest BCUT2D eigenvalue weighted by Gasteiger charge is -2.13. The summed E-state index contributed by atoms with van der Waals surface area (Å²) in [6.45, 7) is 4.10. The number of thioether (sulfide) groups is 1. The van der Waals surface area contributed by atoms with E-state index in [1.807, 2.05) is 61.5 Å². The molecule has 1 N–H and O–H groups in total. The lowest BCUT2D eigenvalue weighted by Crippen LogP contribution is -2.37. The Morgan fingerprint density at radius 2 is 1.76 bits per heavy atom. The van der Waals surface area contributed by atoms with Gasteiger partial charge < -0.3 is 10.1 Å². The highest BCUT2D eigenvalue weighted by molar-refractivity contribution is 8.00. The van der Waals surface area contributed by atoms with Crippen LogP contribution in [0.2, 0.25) is 0 Å². The summed E-state index contributed by atoms with van der Waals surface area (Å²) < 4.78 is 5.20. The minimum atomic E-state index is -0.791. The Balaban J connectivity index is 1.69. The van der Waals surface area contributed by atoms with Crippen molar-refractivity contribution >= 4 is 23.6 Å². The Kier molecular flexibility index (Phi) is 7.54. The smallest absolute Gasteiger partial charge is 0.317 e. The summed E-state index contributed by atoms with van der Waals surface area (Å²) >= 11 is 1.42. The van der Waals surface area contributed by atoms with Crippen LogP contribution in [-0.4, -0.2) is 30.3 Å². The summed E-state index contributed by atoms with van der Waals surface area (Å²) in [6, 6.07) is 17.8. The molecule has 0 aliphatic heterocycles. The van der Waals surface area contributed by atoms with Gasteiger partial charge in [-0.25, -0.2) is 0 Å². The van der Waals surface area contributed by atoms with Crippen LogP contribution in [0.25, 0.3) is 0 Å². The van der Waals surface area contributed by atoms with E-state index in [1.54, 1.807) is 6.92 Å². The second-order valence-electron chi connectivity index (χ2n) is 5.71. The predicted molar refractivity (Wildman–Crippen MR) is 101 cm³/mol. The molecule has 0 radical (unpaired) electrons. The highest BCUT2D eigenvalue weighted by Gasteiger charge is 2.17. The molecule has 5 heteroatoms. The van der Waals surface area contributed by atoms with Crippen molar-refractivity contribution in [3.05, 3.63) is 65.7 Å². The maximum Gasteiger partial charge on any atom is 0.317 e. The zero-order valence-corrected chi connectivity index (χ0v) is 15.3. The molecular weight excluding hydrogens is 334 g/mol. The van der Waals surface area contributed by atoms with Gasteiger partial charge in [0.15, 0.2) is 6.10 Å². The van der Waals surface area contributed by atoms with Crippen LogP contribution in [0.3, 0.4) is 0 Å². The maximum atomic E-state index is 12.0. The molecule has 2 aromatic rings. The Morgan fingerprint density at radius 1 is 1.08 bits per heavy atom. The van der Waals surface area contributed by atoms with Crippen molar-refractivity contribution in [2.24, 2.45) is 0 Å². The van der Waals surface area contributed by atoms with Gasteiger partial charge in [0.25, 0.3) is 5.91 Å². The fraction of sp³-hybridized carbons (Fsp3) is 0.300. The molecule has 0 saturated heterocycles. The van der Waals surface area contributed by atoms with Crippen LogP contribution in [-0.2, 0) is 20.7 Å². The summed E-state index contributed by atoms with van der Waals surface area (Å²) in [5, 5.41) is 2.80. The topological polar surface area (TPSA) is 55.4 Å². The summed E-state index contributed by atoms with van der Waals surface area (Å²) in [6.07, 6.45) is -0.0446. The Morgan fingerprint density at radius 3 is 2.48 bits per heavy atom. The van der Waals surface area contributed by atoms with Gasteiger partial charge in [-0.15, -0.1) is 11.8 Å². The van der Waals surface area contributed by atoms with E-state index in [1.165, 1.54) is 11.8 Å². The summed E-state index contributed by atoms with van der Waals surface area (Å²) in [5.74, 6) is -0.476. The van der Waals surface area contributed by atoms with Crippen LogP contribution < -0.4 is 5.32 Å². The molecule has 1 amide bonds. The predicted octanol–water partition coefficient (Wildman–Crippen LogP) is 3.38. The van der Waals surface area contributed by atoms with Gasteiger partial charge in [0.05, 0.1) is 5.75 Å². The standard InChI is InChI=1S/C20H23NO3S/c1-15-8-6-7-11-18(15)25-14-19(22)24-16(2)20(23)21-13-12-17-9-4-3-5-10-17/h3-11,16H,12-14H2,1-2H3,(H,21,23). The quantitative estimate of drug-likeness (QED) is 0.581. The van der Waals surface area contributed by atoms with E-state index in [0.29, 0.717) is 6.54 Å². The van der Waals surface area contributed by atoms with E-state index < -0.39 is 6.10 Å². The van der Waals surface area contributed by atoms with Gasteiger partial charge in [-0.05, 0) is 37.5 Å². The van der Waals surface area contributed by atoms with Crippen molar-refractivity contribution in [1.82, 2.24) is 5.32 Å². The number of carbonyl (C=O) groups is 2. The second kappa shape index (κ2) is 9.89. The lowest BCUT2D eigenvalue weighted by atomic mass is 10.1. The maximum absolute atomic E-state index is 12.0. The number of carbonyl (C=O) groups excluding carboxylic acids is 2. The second-order valence-corrected chi connectivity index (χ2v) is 6.73. The first-order valence-electron chi connectivity index (χ1n) is 8.26. The fourth-order valence-electron chi connectivity index (χ4n) is 2.26. The zero-order valence-electron chi connectivity index (χ0n) is 14.5. The van der Waals surface area contributed by atoms with Crippen LogP contribution in [0.4, 0.5) is 0 Å². The number of amides is 1. The van der Waals surface area contributed by atoms with Crippen LogP contribution in [0.5, 0.6) is 0 Å². The van der Waals surface area contributed by atoms with Crippen molar-refractivity contribution in [3.63, 3.8) is 0 Å². The normalized spacial score (nSPS) is 11.6. The van der Waals surface area contributed by atoms with Crippen LogP contribution >= 0.6 is 11.8 Å². The molecule has 1 unspecified atom stereocenters. The number of esters is 1. The minimum Gasteiger partial charge on any atom is -0.452 e. The molecule has 0 saturated carbocycles. The van der Waals surface area contributed by atoms with Gasteiger partial charge in [0.1, 0.15) is 0 Å². The highest BCUT2D eigenvalue weighted by atomic mass is 32.2.